The van der Waals surface area contributed by atoms with Crippen LogP contribution in [-0.4, -0.2) is 21.5 Å². The number of benzene rings is 2. The average molecular weight is 420 g/mol. The molecule has 0 saturated heterocycles. The van der Waals surface area contributed by atoms with Crippen LogP contribution in [0, 0.1) is 0 Å². The molecule has 154 valence electrons. The lowest BCUT2D eigenvalue weighted by Crippen LogP contribution is -2.31. The minimum Gasteiger partial charge on any atom is -0.352 e. The molecule has 1 aromatic heterocycles. The van der Waals surface area contributed by atoms with E-state index in [1.165, 1.54) is 11.8 Å². The Morgan fingerprint density at radius 1 is 1.00 bits per heavy atom. The summed E-state index contributed by atoms with van der Waals surface area (Å²) in [6.45, 7) is 0. The number of fused-ring (bicyclic) bond motifs is 1. The van der Waals surface area contributed by atoms with E-state index >= 15 is 0 Å². The number of aromatic nitrogens is 2. The van der Waals surface area contributed by atoms with Gasteiger partial charge in [0, 0.05) is 12.1 Å². The molecule has 2 aliphatic rings. The fourth-order valence-corrected chi connectivity index (χ4v) is 5.38. The molecule has 0 radical (unpaired) electrons. The van der Waals surface area contributed by atoms with Gasteiger partial charge in [0.05, 0.1) is 10.9 Å². The number of para-hydroxylation sites is 1. The number of carbonyl (C=O) groups excluding carboxylic acids is 1. The molecule has 0 spiro atoms. The molecule has 5 rings (SSSR count). The summed E-state index contributed by atoms with van der Waals surface area (Å²) in [5, 5.41) is 3.99. The largest absolute Gasteiger partial charge is 0.352 e. The van der Waals surface area contributed by atoms with E-state index in [0.29, 0.717) is 16.1 Å². The molecule has 5 nitrogen and oxygen atoms in total. The van der Waals surface area contributed by atoms with Gasteiger partial charge in [-0.15, -0.1) is 0 Å². The van der Waals surface area contributed by atoms with E-state index in [-0.39, 0.29) is 23.6 Å². The molecular weight excluding hydrogens is 394 g/mol. The maximum Gasteiger partial charge on any atom is 0.262 e. The van der Waals surface area contributed by atoms with Crippen LogP contribution in [0.15, 0.2) is 64.5 Å². The minimum absolute atomic E-state index is 0.00409. The number of rotatable bonds is 6. The summed E-state index contributed by atoms with van der Waals surface area (Å²) in [5.74, 6) is -0.00548. The Hall–Kier alpha value is -2.60. The van der Waals surface area contributed by atoms with Crippen LogP contribution in [-0.2, 0) is 4.79 Å². The van der Waals surface area contributed by atoms with E-state index < -0.39 is 5.25 Å². The topological polar surface area (TPSA) is 64.0 Å². The molecule has 6 heteroatoms. The minimum atomic E-state index is -0.437. The number of thioether (sulfide) groups is 1. The van der Waals surface area contributed by atoms with Gasteiger partial charge in [0.2, 0.25) is 5.91 Å². The molecule has 2 saturated carbocycles. The zero-order chi connectivity index (χ0) is 20.5. The Bertz CT molecular complexity index is 1120. The van der Waals surface area contributed by atoms with Crippen molar-refractivity contribution in [3.8, 4) is 0 Å². The number of nitrogens with zero attached hydrogens (tertiary/aromatic N) is 2. The first-order chi connectivity index (χ1) is 14.7. The first-order valence-corrected chi connectivity index (χ1v) is 11.6. The van der Waals surface area contributed by atoms with Crippen molar-refractivity contribution in [2.24, 2.45) is 0 Å². The van der Waals surface area contributed by atoms with Crippen LogP contribution in [0.3, 0.4) is 0 Å². The van der Waals surface area contributed by atoms with E-state index in [1.807, 2.05) is 59.2 Å². The molecule has 1 heterocycles. The molecule has 0 aliphatic heterocycles. The van der Waals surface area contributed by atoms with Gasteiger partial charge in [-0.2, -0.15) is 0 Å². The van der Waals surface area contributed by atoms with Crippen LogP contribution in [0.25, 0.3) is 10.9 Å². The lowest BCUT2D eigenvalue weighted by molar-refractivity contribution is -0.120. The number of amides is 1. The number of carbonyl (C=O) groups is 1. The van der Waals surface area contributed by atoms with E-state index in [1.54, 1.807) is 0 Å². The van der Waals surface area contributed by atoms with Gasteiger partial charge < -0.3 is 5.32 Å². The lowest BCUT2D eigenvalue weighted by atomic mass is 10.1. The van der Waals surface area contributed by atoms with Crippen LogP contribution < -0.4 is 10.9 Å². The molecule has 1 atom stereocenters. The summed E-state index contributed by atoms with van der Waals surface area (Å²) < 4.78 is 1.86. The van der Waals surface area contributed by atoms with E-state index in [0.717, 1.165) is 44.1 Å². The maximum atomic E-state index is 13.4. The Morgan fingerprint density at radius 3 is 2.43 bits per heavy atom. The predicted octanol–water partition coefficient (Wildman–Crippen LogP) is 4.62. The normalized spacial score (nSPS) is 17.9. The summed E-state index contributed by atoms with van der Waals surface area (Å²) in [6, 6.07) is 17.7. The van der Waals surface area contributed by atoms with Crippen molar-refractivity contribution in [2.45, 2.75) is 61.0 Å². The van der Waals surface area contributed by atoms with E-state index in [9.17, 15) is 9.59 Å². The zero-order valence-corrected chi connectivity index (χ0v) is 17.6. The summed E-state index contributed by atoms with van der Waals surface area (Å²) in [6.07, 6.45) is 6.30. The second-order valence-electron chi connectivity index (χ2n) is 8.22. The van der Waals surface area contributed by atoms with Gasteiger partial charge in [0.1, 0.15) is 5.25 Å². The lowest BCUT2D eigenvalue weighted by Gasteiger charge is -2.22. The molecule has 0 unspecified atom stereocenters. The van der Waals surface area contributed by atoms with Crippen molar-refractivity contribution in [3.63, 3.8) is 0 Å². The van der Waals surface area contributed by atoms with Crippen molar-refractivity contribution >= 4 is 28.6 Å². The highest BCUT2D eigenvalue weighted by atomic mass is 32.2. The number of hydrogen-bond acceptors (Lipinski definition) is 4. The summed E-state index contributed by atoms with van der Waals surface area (Å²) >= 11 is 1.40. The molecule has 1 amide bonds. The molecule has 1 N–H and O–H groups in total. The van der Waals surface area contributed by atoms with Gasteiger partial charge in [-0.05, 0) is 43.4 Å². The van der Waals surface area contributed by atoms with E-state index in [2.05, 4.69) is 5.32 Å². The Kier molecular flexibility index (Phi) is 5.34. The zero-order valence-electron chi connectivity index (χ0n) is 16.8. The molecule has 2 aromatic carbocycles. The average Bonchev–Trinajstić information content (AvgIpc) is 3.42. The van der Waals surface area contributed by atoms with Crippen molar-refractivity contribution in [1.82, 2.24) is 14.9 Å². The second-order valence-corrected chi connectivity index (χ2v) is 9.29. The molecular formula is C24H25N3O2S. The van der Waals surface area contributed by atoms with Crippen LogP contribution in [0.5, 0.6) is 0 Å². The molecule has 0 bridgehead atoms. The van der Waals surface area contributed by atoms with Gasteiger partial charge in [-0.3, -0.25) is 14.2 Å². The monoisotopic (exact) mass is 419 g/mol. The first-order valence-electron chi connectivity index (χ1n) is 10.7. The Labute approximate surface area is 179 Å². The molecule has 2 aliphatic carbocycles. The number of hydrogen-bond donors (Lipinski definition) is 1. The Morgan fingerprint density at radius 2 is 1.70 bits per heavy atom. The summed E-state index contributed by atoms with van der Waals surface area (Å²) in [7, 11) is 0. The predicted molar refractivity (Wildman–Crippen MR) is 120 cm³/mol. The highest BCUT2D eigenvalue weighted by molar-refractivity contribution is 8.00. The molecule has 2 fully saturated rings. The SMILES string of the molecule is O=C(NC1CC1)[C@@H](Sc1nc2ccccc2c(=O)n1C1CCCC1)c1ccccc1. The Balaban J connectivity index is 1.59. The standard InChI is InChI=1S/C24H25N3O2S/c28-22(25-17-14-15-17)21(16-8-2-1-3-9-16)30-24-26-20-13-7-6-12-19(20)23(29)27(24)18-10-4-5-11-18/h1-3,6-9,12-13,17-18,21H,4-5,10-11,14-15H2,(H,25,28)/t21-/m0/s1. The number of nitrogens with one attached hydrogen (secondary N) is 1. The molecule has 30 heavy (non-hydrogen) atoms. The van der Waals surface area contributed by atoms with Crippen LogP contribution in [0.2, 0.25) is 0 Å². The van der Waals surface area contributed by atoms with Gasteiger partial charge in [-0.1, -0.05) is 67.1 Å². The fourth-order valence-electron chi connectivity index (χ4n) is 4.20. The fraction of sp³-hybridized carbons (Fsp3) is 0.375. The van der Waals surface area contributed by atoms with Crippen molar-refractivity contribution in [3.05, 3.63) is 70.5 Å². The van der Waals surface area contributed by atoms with Crippen LogP contribution in [0.4, 0.5) is 0 Å². The highest BCUT2D eigenvalue weighted by Crippen LogP contribution is 2.39. The van der Waals surface area contributed by atoms with Crippen molar-refractivity contribution < 1.29 is 4.79 Å². The third-order valence-electron chi connectivity index (χ3n) is 5.95. The smallest absolute Gasteiger partial charge is 0.262 e. The quantitative estimate of drug-likeness (QED) is 0.468. The van der Waals surface area contributed by atoms with Gasteiger partial charge in [0.25, 0.3) is 5.56 Å². The highest BCUT2D eigenvalue weighted by Gasteiger charge is 2.31. The van der Waals surface area contributed by atoms with Crippen LogP contribution in [0.1, 0.15) is 55.4 Å². The maximum absolute atomic E-state index is 13.4. The van der Waals surface area contributed by atoms with Gasteiger partial charge in [-0.25, -0.2) is 4.98 Å². The summed E-state index contributed by atoms with van der Waals surface area (Å²) in [5.41, 5.74) is 1.62. The first kappa shape index (κ1) is 19.4. The second kappa shape index (κ2) is 8.26. The van der Waals surface area contributed by atoms with Gasteiger partial charge >= 0.3 is 0 Å². The third kappa shape index (κ3) is 3.88. The van der Waals surface area contributed by atoms with Gasteiger partial charge in [0.15, 0.2) is 5.16 Å². The third-order valence-corrected chi connectivity index (χ3v) is 7.17. The summed E-state index contributed by atoms with van der Waals surface area (Å²) in [4.78, 5) is 31.4. The molecule has 3 aromatic rings. The van der Waals surface area contributed by atoms with Crippen LogP contribution >= 0.6 is 11.8 Å². The van der Waals surface area contributed by atoms with Crippen molar-refractivity contribution in [2.75, 3.05) is 0 Å². The van der Waals surface area contributed by atoms with Crippen molar-refractivity contribution in [1.29, 1.82) is 0 Å². The van der Waals surface area contributed by atoms with E-state index in [4.69, 9.17) is 4.98 Å².